The van der Waals surface area contributed by atoms with E-state index in [1.165, 1.54) is 18.2 Å². The van der Waals surface area contributed by atoms with Gasteiger partial charge in [-0.3, -0.25) is 4.79 Å². The fourth-order valence-corrected chi connectivity index (χ4v) is 1.67. The molecular weight excluding hydrogens is 252 g/mol. The number of nitrogens with one attached hydrogen (secondary N) is 1. The Hall–Kier alpha value is -1.37. The summed E-state index contributed by atoms with van der Waals surface area (Å²) in [6, 6.07) is 3.76. The molecule has 0 atom stereocenters. The maximum absolute atomic E-state index is 11.1. The third kappa shape index (κ3) is 3.06. The molecule has 0 aliphatic heterocycles. The first-order chi connectivity index (χ1) is 7.34. The number of sulfonamides is 1. The summed E-state index contributed by atoms with van der Waals surface area (Å²) in [7, 11) is -3.82. The number of rotatable bonds is 3. The summed E-state index contributed by atoms with van der Waals surface area (Å²) in [6.07, 6.45) is 1.04. The van der Waals surface area contributed by atoms with Gasteiger partial charge in [0.25, 0.3) is 0 Å². The van der Waals surface area contributed by atoms with Gasteiger partial charge < -0.3 is 5.32 Å². The Bertz CT molecular complexity index is 540. The number of anilines is 1. The molecule has 0 aliphatic carbocycles. The van der Waals surface area contributed by atoms with Crippen LogP contribution in [0.4, 0.5) is 5.69 Å². The molecule has 0 saturated carbocycles. The zero-order chi connectivity index (χ0) is 12.3. The van der Waals surface area contributed by atoms with Crippen LogP contribution in [0.25, 0.3) is 0 Å². The summed E-state index contributed by atoms with van der Waals surface area (Å²) in [5, 5.41) is 7.51. The van der Waals surface area contributed by atoms with Crippen molar-refractivity contribution < 1.29 is 13.2 Å². The molecule has 3 N–H and O–H groups in total. The third-order valence-corrected chi connectivity index (χ3v) is 2.95. The van der Waals surface area contributed by atoms with Gasteiger partial charge in [0, 0.05) is 0 Å². The number of hydrogen-bond acceptors (Lipinski definition) is 3. The van der Waals surface area contributed by atoms with Crippen molar-refractivity contribution in [2.45, 2.75) is 4.90 Å². The molecule has 1 rings (SSSR count). The second-order valence-electron chi connectivity index (χ2n) is 2.88. The monoisotopic (exact) mass is 260 g/mol. The van der Waals surface area contributed by atoms with Gasteiger partial charge in [0.1, 0.15) is 0 Å². The standard InChI is InChI=1S/C9H9ClN2O3S/c1-2-9(13)12-8-5-6(16(11,14)15)3-4-7(8)10/h2-5H,1H2,(H,12,13)(H2,11,14,15). The first-order valence-corrected chi connectivity index (χ1v) is 6.03. The lowest BCUT2D eigenvalue weighted by molar-refractivity contribution is -0.111. The molecular formula is C9H9ClN2O3S. The predicted octanol–water partition coefficient (Wildman–Crippen LogP) is 1.11. The number of benzene rings is 1. The van der Waals surface area contributed by atoms with Crippen molar-refractivity contribution >= 4 is 33.2 Å². The summed E-state index contributed by atoms with van der Waals surface area (Å²) >= 11 is 5.76. The highest BCUT2D eigenvalue weighted by Crippen LogP contribution is 2.24. The maximum atomic E-state index is 11.1. The molecule has 0 bridgehead atoms. The zero-order valence-electron chi connectivity index (χ0n) is 8.10. The molecule has 86 valence electrons. The highest BCUT2D eigenvalue weighted by molar-refractivity contribution is 7.89. The molecule has 0 heterocycles. The Morgan fingerprint density at radius 3 is 2.62 bits per heavy atom. The van der Waals surface area contributed by atoms with E-state index in [1.807, 2.05) is 0 Å². The lowest BCUT2D eigenvalue weighted by Crippen LogP contribution is -2.13. The van der Waals surface area contributed by atoms with Crippen LogP contribution in [0.5, 0.6) is 0 Å². The maximum Gasteiger partial charge on any atom is 0.247 e. The Labute approximate surface area is 98.0 Å². The average Bonchev–Trinajstić information content (AvgIpc) is 2.19. The van der Waals surface area contributed by atoms with E-state index in [4.69, 9.17) is 16.7 Å². The van der Waals surface area contributed by atoms with Gasteiger partial charge in [-0.15, -0.1) is 0 Å². The molecule has 0 aromatic heterocycles. The largest absolute Gasteiger partial charge is 0.321 e. The van der Waals surface area contributed by atoms with E-state index < -0.39 is 15.9 Å². The first kappa shape index (κ1) is 12.7. The van der Waals surface area contributed by atoms with E-state index in [9.17, 15) is 13.2 Å². The number of nitrogens with two attached hydrogens (primary N) is 1. The summed E-state index contributed by atoms with van der Waals surface area (Å²) in [4.78, 5) is 10.9. The normalized spacial score (nSPS) is 10.9. The van der Waals surface area contributed by atoms with Gasteiger partial charge in [-0.1, -0.05) is 18.2 Å². The lowest BCUT2D eigenvalue weighted by Gasteiger charge is -2.06. The van der Waals surface area contributed by atoms with Gasteiger partial charge in [-0.2, -0.15) is 0 Å². The van der Waals surface area contributed by atoms with Crippen LogP contribution in [0.2, 0.25) is 5.02 Å². The third-order valence-electron chi connectivity index (χ3n) is 1.71. The van der Waals surface area contributed by atoms with Gasteiger partial charge in [0.15, 0.2) is 0 Å². The van der Waals surface area contributed by atoms with Crippen LogP contribution < -0.4 is 10.5 Å². The van der Waals surface area contributed by atoms with Crippen LogP contribution in [0.15, 0.2) is 35.7 Å². The Morgan fingerprint density at radius 2 is 2.12 bits per heavy atom. The second-order valence-corrected chi connectivity index (χ2v) is 4.85. The Kier molecular flexibility index (Phi) is 3.69. The summed E-state index contributed by atoms with van der Waals surface area (Å²) in [5.74, 6) is -0.492. The van der Waals surface area contributed by atoms with E-state index in [2.05, 4.69) is 11.9 Å². The van der Waals surface area contributed by atoms with E-state index in [1.54, 1.807) is 0 Å². The number of carbonyl (C=O) groups is 1. The molecule has 1 amide bonds. The number of halogens is 1. The highest BCUT2D eigenvalue weighted by atomic mass is 35.5. The Balaban J connectivity index is 3.19. The molecule has 0 unspecified atom stereocenters. The molecule has 0 saturated heterocycles. The fourth-order valence-electron chi connectivity index (χ4n) is 0.961. The van der Waals surface area contributed by atoms with Crippen molar-refractivity contribution in [2.24, 2.45) is 5.14 Å². The molecule has 0 spiro atoms. The van der Waals surface area contributed by atoms with Crippen LogP contribution in [-0.2, 0) is 14.8 Å². The van der Waals surface area contributed by atoms with Gasteiger partial charge in [0.05, 0.1) is 15.6 Å². The molecule has 16 heavy (non-hydrogen) atoms. The number of carbonyl (C=O) groups excluding carboxylic acids is 1. The van der Waals surface area contributed by atoms with E-state index in [-0.39, 0.29) is 15.6 Å². The minimum absolute atomic E-state index is 0.128. The lowest BCUT2D eigenvalue weighted by atomic mass is 10.3. The highest BCUT2D eigenvalue weighted by Gasteiger charge is 2.11. The molecule has 1 aromatic rings. The summed E-state index contributed by atoms with van der Waals surface area (Å²) in [5.41, 5.74) is 0.165. The fraction of sp³-hybridized carbons (Fsp3) is 0. The van der Waals surface area contributed by atoms with Crippen molar-refractivity contribution in [1.82, 2.24) is 0 Å². The van der Waals surface area contributed by atoms with Crippen molar-refractivity contribution in [3.63, 3.8) is 0 Å². The quantitative estimate of drug-likeness (QED) is 0.798. The van der Waals surface area contributed by atoms with E-state index in [0.29, 0.717) is 0 Å². The summed E-state index contributed by atoms with van der Waals surface area (Å²) < 4.78 is 22.1. The molecule has 0 fully saturated rings. The SMILES string of the molecule is C=CC(=O)Nc1cc(S(N)(=O)=O)ccc1Cl. The summed E-state index contributed by atoms with van der Waals surface area (Å²) in [6.45, 7) is 3.26. The predicted molar refractivity (Wildman–Crippen MR) is 61.7 cm³/mol. The number of amides is 1. The van der Waals surface area contributed by atoms with Gasteiger partial charge in [0.2, 0.25) is 15.9 Å². The molecule has 7 heteroatoms. The van der Waals surface area contributed by atoms with Gasteiger partial charge in [-0.25, -0.2) is 13.6 Å². The van der Waals surface area contributed by atoms with Crippen LogP contribution in [0.3, 0.4) is 0 Å². The molecule has 0 radical (unpaired) electrons. The molecule has 0 aliphatic rings. The second kappa shape index (κ2) is 4.65. The molecule has 1 aromatic carbocycles. The van der Waals surface area contributed by atoms with Crippen LogP contribution >= 0.6 is 11.6 Å². The number of primary sulfonamides is 1. The zero-order valence-corrected chi connectivity index (χ0v) is 9.68. The van der Waals surface area contributed by atoms with Crippen LogP contribution in [0.1, 0.15) is 0 Å². The van der Waals surface area contributed by atoms with Gasteiger partial charge in [-0.05, 0) is 24.3 Å². The molecule has 5 nitrogen and oxygen atoms in total. The van der Waals surface area contributed by atoms with Crippen molar-refractivity contribution in [2.75, 3.05) is 5.32 Å². The van der Waals surface area contributed by atoms with E-state index >= 15 is 0 Å². The van der Waals surface area contributed by atoms with E-state index in [0.717, 1.165) is 6.08 Å². The van der Waals surface area contributed by atoms with Gasteiger partial charge >= 0.3 is 0 Å². The van der Waals surface area contributed by atoms with Crippen LogP contribution in [0, 0.1) is 0 Å². The average molecular weight is 261 g/mol. The smallest absolute Gasteiger partial charge is 0.247 e. The minimum atomic E-state index is -3.82. The first-order valence-electron chi connectivity index (χ1n) is 4.10. The number of hydrogen-bond donors (Lipinski definition) is 2. The minimum Gasteiger partial charge on any atom is -0.321 e. The van der Waals surface area contributed by atoms with Crippen molar-refractivity contribution in [3.8, 4) is 0 Å². The van der Waals surface area contributed by atoms with Crippen LogP contribution in [-0.4, -0.2) is 14.3 Å². The topological polar surface area (TPSA) is 89.3 Å². The Morgan fingerprint density at radius 1 is 1.50 bits per heavy atom. The van der Waals surface area contributed by atoms with Crippen molar-refractivity contribution in [1.29, 1.82) is 0 Å². The van der Waals surface area contributed by atoms with Crippen molar-refractivity contribution in [3.05, 3.63) is 35.9 Å².